The Kier molecular flexibility index (Phi) is 7.82. The van der Waals surface area contributed by atoms with Gasteiger partial charge < -0.3 is 10.1 Å². The number of nitrogens with one attached hydrogen (secondary N) is 1. The maximum Gasteiger partial charge on any atom is 0.317 e. The molecule has 0 heterocycles. The molecule has 132 valence electrons. The highest BCUT2D eigenvalue weighted by Crippen LogP contribution is 2.20. The molecule has 0 aliphatic carbocycles. The lowest BCUT2D eigenvalue weighted by molar-refractivity contribution is -0.152. The van der Waals surface area contributed by atoms with Crippen LogP contribution in [0.2, 0.25) is 5.02 Å². The van der Waals surface area contributed by atoms with Gasteiger partial charge in [0.15, 0.2) is 6.10 Å². The molecule has 1 atom stereocenters. The number of hydrogen-bond donors (Lipinski definition) is 1. The second-order valence-electron chi connectivity index (χ2n) is 5.40. The minimum Gasteiger partial charge on any atom is -0.452 e. The lowest BCUT2D eigenvalue weighted by Gasteiger charge is -2.13. The standard InChI is InChI=1S/C19H20ClNO3S/c1-14(19(23)21-12-11-15-5-3-2-4-6-15)24-18(22)13-25-17-9-7-16(20)8-10-17/h2-10,14H,11-13H2,1H3,(H,21,23). The molecule has 1 amide bonds. The maximum absolute atomic E-state index is 12.0. The van der Waals surface area contributed by atoms with Crippen molar-refractivity contribution in [3.05, 3.63) is 65.2 Å². The van der Waals surface area contributed by atoms with E-state index >= 15 is 0 Å². The average Bonchev–Trinajstić information content (AvgIpc) is 2.62. The third-order valence-corrected chi connectivity index (χ3v) is 4.64. The third kappa shape index (κ3) is 7.20. The van der Waals surface area contributed by atoms with Gasteiger partial charge in [-0.05, 0) is 43.2 Å². The smallest absolute Gasteiger partial charge is 0.317 e. The van der Waals surface area contributed by atoms with Crippen molar-refractivity contribution < 1.29 is 14.3 Å². The van der Waals surface area contributed by atoms with Crippen molar-refractivity contribution in [2.24, 2.45) is 0 Å². The van der Waals surface area contributed by atoms with Gasteiger partial charge in [0.25, 0.3) is 5.91 Å². The fourth-order valence-corrected chi connectivity index (χ4v) is 2.88. The lowest BCUT2D eigenvalue weighted by atomic mass is 10.1. The zero-order chi connectivity index (χ0) is 18.1. The van der Waals surface area contributed by atoms with Crippen LogP contribution < -0.4 is 5.32 Å². The van der Waals surface area contributed by atoms with Crippen LogP contribution >= 0.6 is 23.4 Å². The molecular weight excluding hydrogens is 358 g/mol. The topological polar surface area (TPSA) is 55.4 Å². The van der Waals surface area contributed by atoms with Crippen molar-refractivity contribution >= 4 is 35.2 Å². The zero-order valence-electron chi connectivity index (χ0n) is 13.9. The number of hydrogen-bond acceptors (Lipinski definition) is 4. The highest BCUT2D eigenvalue weighted by molar-refractivity contribution is 8.00. The Balaban J connectivity index is 1.67. The van der Waals surface area contributed by atoms with E-state index in [2.05, 4.69) is 5.32 Å². The lowest BCUT2D eigenvalue weighted by Crippen LogP contribution is -2.37. The van der Waals surface area contributed by atoms with Crippen LogP contribution in [-0.2, 0) is 20.7 Å². The first kappa shape index (κ1) is 19.3. The van der Waals surface area contributed by atoms with Crippen LogP contribution in [0, 0.1) is 0 Å². The average molecular weight is 378 g/mol. The summed E-state index contributed by atoms with van der Waals surface area (Å²) in [6.45, 7) is 2.08. The molecule has 2 rings (SSSR count). The molecule has 0 aliphatic heterocycles. The molecule has 2 aromatic carbocycles. The van der Waals surface area contributed by atoms with Crippen LogP contribution in [0.1, 0.15) is 12.5 Å². The van der Waals surface area contributed by atoms with Crippen LogP contribution in [0.5, 0.6) is 0 Å². The minimum atomic E-state index is -0.811. The van der Waals surface area contributed by atoms with Gasteiger partial charge in [0.1, 0.15) is 0 Å². The Morgan fingerprint density at radius 1 is 1.12 bits per heavy atom. The summed E-state index contributed by atoms with van der Waals surface area (Å²) in [5, 5.41) is 3.42. The number of amides is 1. The van der Waals surface area contributed by atoms with Gasteiger partial charge in [-0.1, -0.05) is 41.9 Å². The third-order valence-electron chi connectivity index (χ3n) is 3.40. The summed E-state index contributed by atoms with van der Waals surface area (Å²) in [7, 11) is 0. The minimum absolute atomic E-state index is 0.142. The van der Waals surface area contributed by atoms with Gasteiger partial charge in [-0.2, -0.15) is 0 Å². The van der Waals surface area contributed by atoms with E-state index in [4.69, 9.17) is 16.3 Å². The molecule has 4 nitrogen and oxygen atoms in total. The number of rotatable bonds is 8. The first-order valence-corrected chi connectivity index (χ1v) is 9.30. The maximum atomic E-state index is 12.0. The van der Waals surface area contributed by atoms with Gasteiger partial charge in [-0.15, -0.1) is 11.8 Å². The molecule has 6 heteroatoms. The molecule has 0 bridgehead atoms. The molecule has 0 saturated carbocycles. The van der Waals surface area contributed by atoms with E-state index in [1.54, 1.807) is 19.1 Å². The molecule has 0 aliphatic rings. The summed E-state index contributed by atoms with van der Waals surface area (Å²) in [5.74, 6) is -0.574. The van der Waals surface area contributed by atoms with E-state index in [1.165, 1.54) is 11.8 Å². The molecule has 0 saturated heterocycles. The number of thioether (sulfide) groups is 1. The summed E-state index contributed by atoms with van der Waals surface area (Å²) < 4.78 is 5.16. The van der Waals surface area contributed by atoms with Crippen molar-refractivity contribution in [1.29, 1.82) is 0 Å². The summed E-state index contributed by atoms with van der Waals surface area (Å²) >= 11 is 7.15. The van der Waals surface area contributed by atoms with Gasteiger partial charge in [0.2, 0.25) is 0 Å². The highest BCUT2D eigenvalue weighted by atomic mass is 35.5. The van der Waals surface area contributed by atoms with Crippen molar-refractivity contribution in [3.8, 4) is 0 Å². The van der Waals surface area contributed by atoms with Crippen LogP contribution in [0.4, 0.5) is 0 Å². The van der Waals surface area contributed by atoms with E-state index in [1.807, 2.05) is 42.5 Å². The van der Waals surface area contributed by atoms with E-state index in [0.717, 1.165) is 16.9 Å². The van der Waals surface area contributed by atoms with Gasteiger partial charge in [0, 0.05) is 16.5 Å². The number of carbonyl (C=O) groups is 2. The second kappa shape index (κ2) is 10.1. The van der Waals surface area contributed by atoms with Crippen molar-refractivity contribution in [2.75, 3.05) is 12.3 Å². The monoisotopic (exact) mass is 377 g/mol. The molecule has 0 aromatic heterocycles. The van der Waals surface area contributed by atoms with E-state index in [-0.39, 0.29) is 11.7 Å². The molecule has 2 aromatic rings. The number of esters is 1. The molecule has 0 radical (unpaired) electrons. The molecule has 1 N–H and O–H groups in total. The van der Waals surface area contributed by atoms with E-state index in [0.29, 0.717) is 11.6 Å². The van der Waals surface area contributed by atoms with Gasteiger partial charge in [-0.3, -0.25) is 9.59 Å². The summed E-state index contributed by atoms with van der Waals surface area (Å²) in [5.41, 5.74) is 1.15. The second-order valence-corrected chi connectivity index (χ2v) is 6.89. The van der Waals surface area contributed by atoms with Gasteiger partial charge >= 0.3 is 5.97 Å². The predicted octanol–water partition coefficient (Wildman–Crippen LogP) is 3.72. The number of halogens is 1. The SMILES string of the molecule is CC(OC(=O)CSc1ccc(Cl)cc1)C(=O)NCCc1ccccc1. The van der Waals surface area contributed by atoms with Crippen molar-refractivity contribution in [2.45, 2.75) is 24.3 Å². The van der Waals surface area contributed by atoms with Gasteiger partial charge in [-0.25, -0.2) is 0 Å². The van der Waals surface area contributed by atoms with Crippen LogP contribution in [-0.4, -0.2) is 30.3 Å². The first-order chi connectivity index (χ1) is 12.0. The highest BCUT2D eigenvalue weighted by Gasteiger charge is 2.17. The Morgan fingerprint density at radius 3 is 2.48 bits per heavy atom. The zero-order valence-corrected chi connectivity index (χ0v) is 15.5. The molecule has 0 fully saturated rings. The van der Waals surface area contributed by atoms with Gasteiger partial charge in [0.05, 0.1) is 5.75 Å². The Bertz CT molecular complexity index is 692. The number of benzene rings is 2. The Morgan fingerprint density at radius 2 is 1.80 bits per heavy atom. The predicted molar refractivity (Wildman–Crippen MR) is 101 cm³/mol. The summed E-state index contributed by atoms with van der Waals surface area (Å²) in [6.07, 6.45) is -0.0752. The quantitative estimate of drug-likeness (QED) is 0.562. The Hall–Kier alpha value is -1.98. The first-order valence-electron chi connectivity index (χ1n) is 7.94. The van der Waals surface area contributed by atoms with Crippen molar-refractivity contribution in [3.63, 3.8) is 0 Å². The van der Waals surface area contributed by atoms with Crippen LogP contribution in [0.15, 0.2) is 59.5 Å². The number of ether oxygens (including phenoxy) is 1. The molecule has 0 spiro atoms. The van der Waals surface area contributed by atoms with E-state index < -0.39 is 12.1 Å². The number of carbonyl (C=O) groups excluding carboxylic acids is 2. The molecular formula is C19H20ClNO3S. The molecule has 1 unspecified atom stereocenters. The van der Waals surface area contributed by atoms with Crippen molar-refractivity contribution in [1.82, 2.24) is 5.32 Å². The largest absolute Gasteiger partial charge is 0.452 e. The van der Waals surface area contributed by atoms with Crippen LogP contribution in [0.3, 0.4) is 0 Å². The molecule has 25 heavy (non-hydrogen) atoms. The fraction of sp³-hybridized carbons (Fsp3) is 0.263. The normalized spacial score (nSPS) is 11.6. The summed E-state index contributed by atoms with van der Waals surface area (Å²) in [6, 6.07) is 17.1. The Labute approximate surface area is 156 Å². The van der Waals surface area contributed by atoms with Crippen LogP contribution in [0.25, 0.3) is 0 Å². The van der Waals surface area contributed by atoms with E-state index in [9.17, 15) is 9.59 Å². The summed E-state index contributed by atoms with van der Waals surface area (Å²) in [4.78, 5) is 24.7. The fourth-order valence-electron chi connectivity index (χ4n) is 2.08.